The van der Waals surface area contributed by atoms with Crippen molar-refractivity contribution in [1.29, 1.82) is 0 Å². The van der Waals surface area contributed by atoms with Crippen LogP contribution < -0.4 is 0 Å². The lowest BCUT2D eigenvalue weighted by Gasteiger charge is -2.27. The minimum absolute atomic E-state index is 0.415. The molecule has 0 saturated heterocycles. The molecule has 0 radical (unpaired) electrons. The van der Waals surface area contributed by atoms with Gasteiger partial charge in [-0.05, 0) is 24.3 Å². The monoisotopic (exact) mass is 404 g/mol. The van der Waals surface area contributed by atoms with Crippen molar-refractivity contribution in [3.8, 4) is 23.0 Å². The Morgan fingerprint density at radius 3 is 1.19 bits per heavy atom. The third-order valence-corrected chi connectivity index (χ3v) is 7.27. The van der Waals surface area contributed by atoms with Gasteiger partial charge in [0.1, 0.15) is 0 Å². The molecule has 0 heterocycles. The third-order valence-electron chi connectivity index (χ3n) is 3.58. The SMILES string of the molecule is CN(N(C)S(=O)(=O)c1ccc(O)c(O)c1)S(=O)(=O)c1ccc(O)c(O)c1. The fourth-order valence-corrected chi connectivity index (χ4v) is 4.68. The zero-order valence-electron chi connectivity index (χ0n) is 13.6. The number of phenolic OH excluding ortho intramolecular Hbond substituents is 4. The summed E-state index contributed by atoms with van der Waals surface area (Å²) in [5.74, 6) is -2.44. The molecule has 26 heavy (non-hydrogen) atoms. The van der Waals surface area contributed by atoms with Crippen molar-refractivity contribution in [1.82, 2.24) is 8.83 Å². The van der Waals surface area contributed by atoms with Crippen molar-refractivity contribution < 1.29 is 37.3 Å². The topological polar surface area (TPSA) is 156 Å². The predicted octanol–water partition coefficient (Wildman–Crippen LogP) is 0.365. The molecule has 0 saturated carbocycles. The molecular weight excluding hydrogens is 388 g/mol. The molecule has 0 spiro atoms. The van der Waals surface area contributed by atoms with Crippen molar-refractivity contribution in [2.24, 2.45) is 0 Å². The lowest BCUT2D eigenvalue weighted by molar-refractivity contribution is 0.234. The number of aromatic hydroxyl groups is 4. The lowest BCUT2D eigenvalue weighted by atomic mass is 10.3. The molecule has 142 valence electrons. The van der Waals surface area contributed by atoms with Crippen molar-refractivity contribution in [3.05, 3.63) is 36.4 Å². The van der Waals surface area contributed by atoms with E-state index in [1.807, 2.05) is 0 Å². The van der Waals surface area contributed by atoms with Crippen LogP contribution in [-0.4, -0.2) is 60.2 Å². The maximum Gasteiger partial charge on any atom is 0.256 e. The van der Waals surface area contributed by atoms with Gasteiger partial charge in [-0.1, -0.05) is 0 Å². The molecule has 0 aliphatic heterocycles. The number of phenols is 4. The normalized spacial score (nSPS) is 12.6. The molecule has 0 unspecified atom stereocenters. The Labute approximate surface area is 149 Å². The minimum atomic E-state index is -4.39. The van der Waals surface area contributed by atoms with Gasteiger partial charge in [-0.3, -0.25) is 0 Å². The second kappa shape index (κ2) is 6.64. The highest BCUT2D eigenvalue weighted by Gasteiger charge is 2.33. The Morgan fingerprint density at radius 1 is 0.615 bits per heavy atom. The van der Waals surface area contributed by atoms with Gasteiger partial charge in [0.2, 0.25) is 0 Å². The molecule has 12 heteroatoms. The number of hydrazine groups is 1. The number of benzene rings is 2. The molecule has 2 aromatic carbocycles. The van der Waals surface area contributed by atoms with Crippen LogP contribution in [0.25, 0.3) is 0 Å². The van der Waals surface area contributed by atoms with E-state index < -0.39 is 52.8 Å². The zero-order chi connectivity index (χ0) is 19.9. The standard InChI is InChI=1S/C14H16N2O8S2/c1-15(25(21,22)9-3-5-11(17)13(19)7-9)16(2)26(23,24)10-4-6-12(18)14(20)8-10/h3-8,17-20H,1-2H3. The van der Waals surface area contributed by atoms with Gasteiger partial charge >= 0.3 is 0 Å². The zero-order valence-corrected chi connectivity index (χ0v) is 15.2. The number of hydrogen-bond donors (Lipinski definition) is 4. The summed E-state index contributed by atoms with van der Waals surface area (Å²) in [4.78, 5) is -0.906. The average Bonchev–Trinajstić information content (AvgIpc) is 2.58. The minimum Gasteiger partial charge on any atom is -0.504 e. The molecule has 4 N–H and O–H groups in total. The fraction of sp³-hybridized carbons (Fsp3) is 0.143. The maximum atomic E-state index is 12.6. The highest BCUT2D eigenvalue weighted by atomic mass is 32.2. The summed E-state index contributed by atoms with van der Waals surface area (Å²) >= 11 is 0. The van der Waals surface area contributed by atoms with E-state index in [0.717, 1.165) is 50.5 Å². The Kier molecular flexibility index (Phi) is 5.05. The van der Waals surface area contributed by atoms with Crippen LogP contribution in [0.15, 0.2) is 46.2 Å². The highest BCUT2D eigenvalue weighted by Crippen LogP contribution is 2.31. The lowest BCUT2D eigenvalue weighted by Crippen LogP contribution is -2.44. The molecule has 0 aromatic heterocycles. The maximum absolute atomic E-state index is 12.6. The number of rotatable bonds is 5. The summed E-state index contributed by atoms with van der Waals surface area (Å²) in [6.07, 6.45) is 0. The summed E-state index contributed by atoms with van der Waals surface area (Å²) in [7, 11) is -6.84. The quantitative estimate of drug-likeness (QED) is 0.411. The summed E-state index contributed by atoms with van der Waals surface area (Å²) < 4.78 is 51.1. The molecule has 0 atom stereocenters. The summed E-state index contributed by atoms with van der Waals surface area (Å²) in [6, 6.07) is 5.43. The van der Waals surface area contributed by atoms with Crippen LogP contribution >= 0.6 is 0 Å². The van der Waals surface area contributed by atoms with Gasteiger partial charge in [0, 0.05) is 26.2 Å². The second-order valence-corrected chi connectivity index (χ2v) is 9.08. The van der Waals surface area contributed by atoms with Gasteiger partial charge in [0.25, 0.3) is 20.0 Å². The van der Waals surface area contributed by atoms with Crippen molar-refractivity contribution in [2.75, 3.05) is 14.1 Å². The van der Waals surface area contributed by atoms with Crippen LogP contribution in [-0.2, 0) is 20.0 Å². The van der Waals surface area contributed by atoms with E-state index in [9.17, 15) is 37.3 Å². The number of nitrogens with zero attached hydrogens (tertiary/aromatic N) is 2. The largest absolute Gasteiger partial charge is 0.504 e. The first kappa shape index (κ1) is 19.8. The van der Waals surface area contributed by atoms with E-state index >= 15 is 0 Å². The van der Waals surface area contributed by atoms with Crippen molar-refractivity contribution in [2.45, 2.75) is 9.79 Å². The molecule has 0 aliphatic carbocycles. The Morgan fingerprint density at radius 2 is 0.923 bits per heavy atom. The summed E-state index contributed by atoms with van der Waals surface area (Å²) in [5, 5.41) is 37.5. The smallest absolute Gasteiger partial charge is 0.256 e. The van der Waals surface area contributed by atoms with E-state index in [4.69, 9.17) is 0 Å². The highest BCUT2D eigenvalue weighted by molar-refractivity contribution is 7.92. The van der Waals surface area contributed by atoms with Gasteiger partial charge < -0.3 is 20.4 Å². The number of hydrogen-bond acceptors (Lipinski definition) is 8. The Bertz CT molecular complexity index is 965. The van der Waals surface area contributed by atoms with E-state index in [1.165, 1.54) is 0 Å². The Hall–Kier alpha value is -2.54. The van der Waals surface area contributed by atoms with Crippen LogP contribution in [0.1, 0.15) is 0 Å². The molecule has 0 bridgehead atoms. The van der Waals surface area contributed by atoms with E-state index in [-0.39, 0.29) is 0 Å². The first-order valence-corrected chi connectivity index (χ1v) is 9.79. The molecule has 2 rings (SSSR count). The van der Waals surface area contributed by atoms with Crippen LogP contribution in [0.5, 0.6) is 23.0 Å². The molecule has 0 amide bonds. The Balaban J connectivity index is 2.45. The second-order valence-electron chi connectivity index (χ2n) is 5.18. The molecular formula is C14H16N2O8S2. The summed E-state index contributed by atoms with van der Waals surface area (Å²) in [5.41, 5.74) is 0. The fourth-order valence-electron chi connectivity index (χ4n) is 1.94. The van der Waals surface area contributed by atoms with Gasteiger partial charge in [-0.15, -0.1) is 8.83 Å². The van der Waals surface area contributed by atoms with Crippen LogP contribution in [0.4, 0.5) is 0 Å². The van der Waals surface area contributed by atoms with Crippen LogP contribution in [0.2, 0.25) is 0 Å². The first-order chi connectivity index (χ1) is 11.9. The molecule has 0 aliphatic rings. The van der Waals surface area contributed by atoms with Crippen LogP contribution in [0, 0.1) is 0 Å². The first-order valence-electron chi connectivity index (χ1n) is 6.90. The van der Waals surface area contributed by atoms with Crippen molar-refractivity contribution >= 4 is 20.0 Å². The third kappa shape index (κ3) is 3.39. The van der Waals surface area contributed by atoms with Gasteiger partial charge in [0.15, 0.2) is 23.0 Å². The molecule has 0 fully saturated rings. The molecule has 2 aromatic rings. The van der Waals surface area contributed by atoms with E-state index in [1.54, 1.807) is 0 Å². The molecule has 10 nitrogen and oxygen atoms in total. The van der Waals surface area contributed by atoms with Gasteiger partial charge in [-0.25, -0.2) is 16.8 Å². The van der Waals surface area contributed by atoms with Crippen molar-refractivity contribution in [3.63, 3.8) is 0 Å². The average molecular weight is 404 g/mol. The van der Waals surface area contributed by atoms with E-state index in [2.05, 4.69) is 0 Å². The van der Waals surface area contributed by atoms with Gasteiger partial charge in [-0.2, -0.15) is 0 Å². The van der Waals surface area contributed by atoms with Crippen LogP contribution in [0.3, 0.4) is 0 Å². The summed E-state index contributed by atoms with van der Waals surface area (Å²) in [6.45, 7) is 0. The predicted molar refractivity (Wildman–Crippen MR) is 89.4 cm³/mol. The number of sulfonamides is 2. The van der Waals surface area contributed by atoms with E-state index in [0.29, 0.717) is 8.83 Å². The van der Waals surface area contributed by atoms with Gasteiger partial charge in [0.05, 0.1) is 9.79 Å².